The van der Waals surface area contributed by atoms with Gasteiger partial charge in [-0.15, -0.1) is 0 Å². The Bertz CT molecular complexity index is 1790. The number of alkyl halides is 2. The van der Waals surface area contributed by atoms with E-state index in [0.717, 1.165) is 29.0 Å². The number of benzene rings is 1. The van der Waals surface area contributed by atoms with E-state index in [1.54, 1.807) is 0 Å². The predicted octanol–water partition coefficient (Wildman–Crippen LogP) is 1.67. The first-order valence-corrected chi connectivity index (χ1v) is 17.1. The van der Waals surface area contributed by atoms with Crippen molar-refractivity contribution in [3.8, 4) is 0 Å². The number of halogens is 3. The molecule has 0 spiro atoms. The van der Waals surface area contributed by atoms with Crippen LogP contribution in [-0.2, 0) is 25.6 Å². The first-order chi connectivity index (χ1) is 19.9. The van der Waals surface area contributed by atoms with Gasteiger partial charge in [-0.05, 0) is 50.1 Å². The van der Waals surface area contributed by atoms with Gasteiger partial charge in [0.05, 0.1) is 28.9 Å². The second kappa shape index (κ2) is 12.4. The van der Waals surface area contributed by atoms with Crippen LogP contribution in [0.1, 0.15) is 42.1 Å². The third kappa shape index (κ3) is 8.03. The van der Waals surface area contributed by atoms with E-state index in [1.807, 2.05) is 0 Å². The Morgan fingerprint density at radius 2 is 1.81 bits per heavy atom. The molecule has 1 saturated heterocycles. The number of rotatable bonds is 10. The summed E-state index contributed by atoms with van der Waals surface area (Å²) in [5.41, 5.74) is -3.71. The number of nitrogens with one attached hydrogen (secondary N) is 2. The van der Waals surface area contributed by atoms with Gasteiger partial charge >= 0.3 is 0 Å². The molecule has 1 fully saturated rings. The Kier molecular flexibility index (Phi) is 9.41. The van der Waals surface area contributed by atoms with Gasteiger partial charge in [0.2, 0.25) is 16.0 Å². The van der Waals surface area contributed by atoms with Gasteiger partial charge in [0.15, 0.2) is 0 Å². The highest BCUT2D eigenvalue weighted by molar-refractivity contribution is 8.13. The molecule has 43 heavy (non-hydrogen) atoms. The highest BCUT2D eigenvalue weighted by Gasteiger charge is 2.28. The fourth-order valence-corrected chi connectivity index (χ4v) is 6.25. The molecule has 13 nitrogen and oxygen atoms in total. The average molecular weight is 663 g/mol. The molecular weight excluding hydrogens is 634 g/mol. The zero-order valence-electron chi connectivity index (χ0n) is 23.0. The van der Waals surface area contributed by atoms with Crippen molar-refractivity contribution >= 4 is 52.6 Å². The van der Waals surface area contributed by atoms with E-state index < -0.39 is 61.2 Å². The molecule has 0 bridgehead atoms. The van der Waals surface area contributed by atoms with Crippen LogP contribution in [0.3, 0.4) is 0 Å². The van der Waals surface area contributed by atoms with Gasteiger partial charge in [-0.1, -0.05) is 0 Å². The van der Waals surface area contributed by atoms with Crippen molar-refractivity contribution in [2.75, 3.05) is 31.2 Å². The minimum absolute atomic E-state index is 0.0371. The Hall–Kier alpha value is -3.25. The number of carbonyl (C=O) groups is 1. The molecule has 3 N–H and O–H groups in total. The number of sulfonamides is 1. The van der Waals surface area contributed by atoms with Crippen LogP contribution in [0.25, 0.3) is 11.0 Å². The number of pyridine rings is 1. The van der Waals surface area contributed by atoms with Gasteiger partial charge in [-0.3, -0.25) is 14.2 Å². The SMILES string of the molecule is C[C@@](O)(CNC(=O)c1ccc(S(=O)(=O)Cl)cc1)Cn1c(=O)c(C(F)F)cc2cnc(NC3CCN(S(C)(=O)=O)CC3)nc21. The zero-order chi connectivity index (χ0) is 31.7. The van der Waals surface area contributed by atoms with Crippen LogP contribution in [0.4, 0.5) is 14.7 Å². The van der Waals surface area contributed by atoms with Crippen molar-refractivity contribution in [3.63, 3.8) is 0 Å². The van der Waals surface area contributed by atoms with E-state index in [9.17, 15) is 40.3 Å². The summed E-state index contributed by atoms with van der Waals surface area (Å²) in [6.07, 6.45) is 0.202. The van der Waals surface area contributed by atoms with E-state index in [-0.39, 0.29) is 46.6 Å². The molecule has 3 aromatic rings. The standard InChI is InChI=1S/C25H29ClF2N6O7S2/c1-25(37,13-30-22(35)15-3-5-18(6-4-15)43(26,40)41)14-34-21-16(11-19(20(27)28)23(34)36)12-29-24(32-21)31-17-7-9-33(10-8-17)42(2,38)39/h3-6,11-12,17,20,37H,7-10,13-14H2,1-2H3,(H,30,35)(H,29,31,32)/t25-/m1/s1. The number of anilines is 1. The number of aromatic nitrogens is 3. The largest absolute Gasteiger partial charge is 0.386 e. The summed E-state index contributed by atoms with van der Waals surface area (Å²) < 4.78 is 76.1. The summed E-state index contributed by atoms with van der Waals surface area (Å²) in [5.74, 6) is -0.591. The molecular formula is C25H29ClF2N6O7S2. The monoisotopic (exact) mass is 662 g/mol. The summed E-state index contributed by atoms with van der Waals surface area (Å²) in [6.45, 7) is 0.924. The molecule has 0 radical (unpaired) electrons. The van der Waals surface area contributed by atoms with Crippen molar-refractivity contribution in [2.45, 2.75) is 49.3 Å². The molecule has 1 atom stereocenters. The quantitative estimate of drug-likeness (QED) is 0.270. The smallest absolute Gasteiger partial charge is 0.269 e. The third-order valence-corrected chi connectivity index (χ3v) is 9.55. The lowest BCUT2D eigenvalue weighted by atomic mass is 10.1. The minimum atomic E-state index is -3.99. The zero-order valence-corrected chi connectivity index (χ0v) is 25.4. The maximum Gasteiger partial charge on any atom is 0.269 e. The lowest BCUT2D eigenvalue weighted by molar-refractivity contribution is 0.0394. The van der Waals surface area contributed by atoms with E-state index in [4.69, 9.17) is 10.7 Å². The van der Waals surface area contributed by atoms with Crippen molar-refractivity contribution < 1.29 is 35.5 Å². The van der Waals surface area contributed by atoms with Crippen molar-refractivity contribution in [3.05, 3.63) is 58.0 Å². The molecule has 3 heterocycles. The molecule has 0 unspecified atom stereocenters. The fourth-order valence-electron chi connectivity index (χ4n) is 4.61. The fraction of sp³-hybridized carbons (Fsp3) is 0.440. The van der Waals surface area contributed by atoms with Gasteiger partial charge in [-0.2, -0.15) is 4.98 Å². The molecule has 2 aromatic heterocycles. The van der Waals surface area contributed by atoms with Crippen LogP contribution in [0.2, 0.25) is 0 Å². The van der Waals surface area contributed by atoms with Gasteiger partial charge in [0.1, 0.15) is 5.65 Å². The summed E-state index contributed by atoms with van der Waals surface area (Å²) >= 11 is 0. The number of hydrogen-bond acceptors (Lipinski definition) is 10. The van der Waals surface area contributed by atoms with E-state index in [0.29, 0.717) is 12.8 Å². The maximum absolute atomic E-state index is 13.7. The summed E-state index contributed by atoms with van der Waals surface area (Å²) in [4.78, 5) is 34.0. The lowest BCUT2D eigenvalue weighted by Crippen LogP contribution is -2.46. The molecule has 1 aromatic carbocycles. The second-order valence-corrected chi connectivity index (χ2v) is 15.0. The number of carbonyl (C=O) groups excluding carboxylic acids is 1. The van der Waals surface area contributed by atoms with E-state index in [1.165, 1.54) is 29.6 Å². The Morgan fingerprint density at radius 1 is 1.19 bits per heavy atom. The first kappa shape index (κ1) is 32.7. The molecule has 0 saturated carbocycles. The minimum Gasteiger partial charge on any atom is -0.386 e. The van der Waals surface area contributed by atoms with Crippen LogP contribution in [0.15, 0.2) is 46.2 Å². The van der Waals surface area contributed by atoms with Crippen LogP contribution < -0.4 is 16.2 Å². The maximum atomic E-state index is 13.7. The summed E-state index contributed by atoms with van der Waals surface area (Å²) in [7, 11) is -2.03. The number of aliphatic hydroxyl groups is 1. The third-order valence-electron chi connectivity index (χ3n) is 6.87. The molecule has 18 heteroatoms. The molecule has 234 valence electrons. The number of nitrogens with zero attached hydrogens (tertiary/aromatic N) is 4. The molecule has 4 rings (SSSR count). The van der Waals surface area contributed by atoms with E-state index >= 15 is 0 Å². The normalized spacial score (nSPS) is 16.7. The van der Waals surface area contributed by atoms with Crippen LogP contribution >= 0.6 is 10.7 Å². The lowest BCUT2D eigenvalue weighted by Gasteiger charge is -2.30. The van der Waals surface area contributed by atoms with Gasteiger partial charge in [0.25, 0.3) is 26.9 Å². The first-order valence-electron chi connectivity index (χ1n) is 12.9. The Morgan fingerprint density at radius 3 is 2.37 bits per heavy atom. The van der Waals surface area contributed by atoms with E-state index in [2.05, 4.69) is 20.6 Å². The molecule has 0 aliphatic carbocycles. The van der Waals surface area contributed by atoms with Gasteiger partial charge in [0, 0.05) is 53.5 Å². The number of fused-ring (bicyclic) bond motifs is 1. The molecule has 1 amide bonds. The molecule has 1 aliphatic heterocycles. The van der Waals surface area contributed by atoms with Crippen LogP contribution in [0, 0.1) is 0 Å². The predicted molar refractivity (Wildman–Crippen MR) is 154 cm³/mol. The number of amides is 1. The van der Waals surface area contributed by atoms with Crippen molar-refractivity contribution in [2.24, 2.45) is 0 Å². The van der Waals surface area contributed by atoms with Gasteiger partial charge in [-0.25, -0.2) is 34.9 Å². The second-order valence-electron chi connectivity index (χ2n) is 10.5. The molecule has 1 aliphatic rings. The number of hydrogen-bond donors (Lipinski definition) is 3. The van der Waals surface area contributed by atoms with Crippen molar-refractivity contribution in [1.82, 2.24) is 24.2 Å². The van der Waals surface area contributed by atoms with Crippen LogP contribution in [0.5, 0.6) is 0 Å². The Balaban J connectivity index is 1.55. The highest BCUT2D eigenvalue weighted by Crippen LogP contribution is 2.23. The topological polar surface area (TPSA) is 181 Å². The highest BCUT2D eigenvalue weighted by atomic mass is 35.7. The van der Waals surface area contributed by atoms with Gasteiger partial charge < -0.3 is 15.7 Å². The van der Waals surface area contributed by atoms with Crippen molar-refractivity contribution in [1.29, 1.82) is 0 Å². The number of piperidine rings is 1. The van der Waals surface area contributed by atoms with Crippen LogP contribution in [-0.4, -0.2) is 84.2 Å². The summed E-state index contributed by atoms with van der Waals surface area (Å²) in [6, 6.07) is 5.51. The summed E-state index contributed by atoms with van der Waals surface area (Å²) in [5, 5.41) is 16.8. The average Bonchev–Trinajstić information content (AvgIpc) is 2.92. The Labute approximate surface area is 250 Å².